The third kappa shape index (κ3) is 3.70. The van der Waals surface area contributed by atoms with E-state index in [0.717, 1.165) is 19.4 Å². The first-order valence-electron chi connectivity index (χ1n) is 8.35. The highest BCUT2D eigenvalue weighted by Gasteiger charge is 2.24. The first kappa shape index (κ1) is 17.9. The topological polar surface area (TPSA) is 97.6 Å². The van der Waals surface area contributed by atoms with Gasteiger partial charge in [0.25, 0.3) is 0 Å². The highest BCUT2D eigenvalue weighted by Crippen LogP contribution is 2.28. The molecule has 2 heterocycles. The van der Waals surface area contributed by atoms with Crippen molar-refractivity contribution in [2.24, 2.45) is 0 Å². The molecule has 1 aliphatic rings. The Morgan fingerprint density at radius 3 is 2.92 bits per heavy atom. The van der Waals surface area contributed by atoms with Gasteiger partial charge in [-0.2, -0.15) is 0 Å². The van der Waals surface area contributed by atoms with Gasteiger partial charge < -0.3 is 14.5 Å². The Morgan fingerprint density at radius 2 is 2.24 bits per heavy atom. The average Bonchev–Trinajstić information content (AvgIpc) is 2.92. The molecule has 0 radical (unpaired) electrons. The lowest BCUT2D eigenvalue weighted by Crippen LogP contribution is -2.45. The Labute approximate surface area is 146 Å². The molecule has 1 unspecified atom stereocenters. The number of esters is 1. The molecular formula is C17H22N2O5S. The van der Waals surface area contributed by atoms with Gasteiger partial charge in [0.1, 0.15) is 5.58 Å². The fraction of sp³-hybridized carbons (Fsp3) is 0.471. The number of carbonyl (C=O) groups is 1. The predicted octanol–water partition coefficient (Wildman–Crippen LogP) is 1.95. The van der Waals surface area contributed by atoms with Gasteiger partial charge in [0.15, 0.2) is 0 Å². The van der Waals surface area contributed by atoms with E-state index in [1.54, 1.807) is 19.9 Å². The highest BCUT2D eigenvalue weighted by molar-refractivity contribution is 7.89. The van der Waals surface area contributed by atoms with Crippen molar-refractivity contribution in [3.05, 3.63) is 29.5 Å². The number of nitrogens with one attached hydrogen (secondary N) is 2. The van der Waals surface area contributed by atoms with Gasteiger partial charge in [-0.05, 0) is 51.4 Å². The van der Waals surface area contributed by atoms with Crippen molar-refractivity contribution in [3.63, 3.8) is 0 Å². The first-order valence-corrected chi connectivity index (χ1v) is 9.84. The van der Waals surface area contributed by atoms with Crippen LogP contribution in [0.5, 0.6) is 0 Å². The van der Waals surface area contributed by atoms with E-state index in [0.29, 0.717) is 23.1 Å². The van der Waals surface area contributed by atoms with E-state index < -0.39 is 16.0 Å². The quantitative estimate of drug-likeness (QED) is 0.785. The van der Waals surface area contributed by atoms with E-state index in [9.17, 15) is 13.2 Å². The fourth-order valence-corrected chi connectivity index (χ4v) is 4.29. The van der Waals surface area contributed by atoms with Crippen LogP contribution in [0.2, 0.25) is 0 Å². The molecule has 1 aromatic carbocycles. The van der Waals surface area contributed by atoms with Crippen LogP contribution in [0.4, 0.5) is 0 Å². The lowest BCUT2D eigenvalue weighted by Gasteiger charge is -2.23. The van der Waals surface area contributed by atoms with Gasteiger partial charge in [0.05, 0.1) is 11.5 Å². The van der Waals surface area contributed by atoms with Crippen molar-refractivity contribution in [1.29, 1.82) is 0 Å². The third-order valence-corrected chi connectivity index (χ3v) is 5.82. The summed E-state index contributed by atoms with van der Waals surface area (Å²) in [5.41, 5.74) is 1.03. The monoisotopic (exact) mass is 366 g/mol. The second kappa shape index (κ2) is 7.15. The lowest BCUT2D eigenvalue weighted by molar-refractivity contribution is 0.0491. The van der Waals surface area contributed by atoms with E-state index in [1.165, 1.54) is 12.1 Å². The standard InChI is InChI=1S/C17H22N2O5S/c1-3-23-17(20)16-11(2)14-9-13(6-7-15(14)24-16)25(21,22)19-12-5-4-8-18-10-12/h6-7,9,12,18-19H,3-5,8,10H2,1-2H3. The third-order valence-electron chi connectivity index (χ3n) is 4.30. The van der Waals surface area contributed by atoms with Crippen molar-refractivity contribution in [2.45, 2.75) is 37.6 Å². The summed E-state index contributed by atoms with van der Waals surface area (Å²) in [5.74, 6) is -0.442. The Kier molecular flexibility index (Phi) is 5.12. The first-order chi connectivity index (χ1) is 11.9. The number of aryl methyl sites for hydroxylation is 1. The van der Waals surface area contributed by atoms with Crippen LogP contribution in [0.15, 0.2) is 27.5 Å². The number of fused-ring (bicyclic) bond motifs is 1. The van der Waals surface area contributed by atoms with E-state index >= 15 is 0 Å². The van der Waals surface area contributed by atoms with E-state index in [-0.39, 0.29) is 23.3 Å². The molecule has 0 spiro atoms. The van der Waals surface area contributed by atoms with Gasteiger partial charge in [-0.1, -0.05) is 0 Å². The zero-order valence-corrected chi connectivity index (χ0v) is 15.1. The zero-order chi connectivity index (χ0) is 18.0. The molecule has 0 saturated carbocycles. The average molecular weight is 366 g/mol. The number of hydrogen-bond donors (Lipinski definition) is 2. The van der Waals surface area contributed by atoms with Gasteiger partial charge in [-0.25, -0.2) is 17.9 Å². The summed E-state index contributed by atoms with van der Waals surface area (Å²) in [4.78, 5) is 12.1. The number of rotatable bonds is 5. The second-order valence-corrected chi connectivity index (χ2v) is 7.81. The summed E-state index contributed by atoms with van der Waals surface area (Å²) in [6.07, 6.45) is 1.75. The van der Waals surface area contributed by atoms with Crippen LogP contribution in [0.1, 0.15) is 35.9 Å². The largest absolute Gasteiger partial charge is 0.460 e. The van der Waals surface area contributed by atoms with Crippen LogP contribution >= 0.6 is 0 Å². The summed E-state index contributed by atoms with van der Waals surface area (Å²) >= 11 is 0. The molecule has 0 bridgehead atoms. The Balaban J connectivity index is 1.92. The summed E-state index contributed by atoms with van der Waals surface area (Å²) in [5, 5.41) is 3.77. The molecule has 1 saturated heterocycles. The second-order valence-electron chi connectivity index (χ2n) is 6.10. The van der Waals surface area contributed by atoms with Crippen LogP contribution in [0.25, 0.3) is 11.0 Å². The normalized spacial score (nSPS) is 18.4. The number of carbonyl (C=O) groups excluding carboxylic acids is 1. The molecule has 7 nitrogen and oxygen atoms in total. The molecule has 0 amide bonds. The molecule has 8 heteroatoms. The number of ether oxygens (including phenoxy) is 1. The molecule has 1 fully saturated rings. The van der Waals surface area contributed by atoms with Crippen molar-refractivity contribution in [3.8, 4) is 0 Å². The van der Waals surface area contributed by atoms with E-state index in [4.69, 9.17) is 9.15 Å². The fourth-order valence-electron chi connectivity index (χ4n) is 3.00. The predicted molar refractivity (Wildman–Crippen MR) is 93.1 cm³/mol. The summed E-state index contributed by atoms with van der Waals surface area (Å²) in [6.45, 7) is 5.21. The lowest BCUT2D eigenvalue weighted by atomic mass is 10.1. The van der Waals surface area contributed by atoms with Gasteiger partial charge in [0, 0.05) is 23.5 Å². The molecule has 2 aromatic rings. The molecule has 3 rings (SSSR count). The van der Waals surface area contributed by atoms with Gasteiger partial charge >= 0.3 is 5.97 Å². The highest BCUT2D eigenvalue weighted by atomic mass is 32.2. The molecular weight excluding hydrogens is 344 g/mol. The summed E-state index contributed by atoms with van der Waals surface area (Å²) < 4.78 is 38.5. The summed E-state index contributed by atoms with van der Waals surface area (Å²) in [7, 11) is -3.64. The number of benzene rings is 1. The number of hydrogen-bond acceptors (Lipinski definition) is 6. The smallest absolute Gasteiger partial charge is 0.374 e. The van der Waals surface area contributed by atoms with Crippen LogP contribution in [0.3, 0.4) is 0 Å². The van der Waals surface area contributed by atoms with Crippen molar-refractivity contribution >= 4 is 27.0 Å². The Morgan fingerprint density at radius 1 is 1.44 bits per heavy atom. The molecule has 136 valence electrons. The molecule has 1 aromatic heterocycles. The van der Waals surface area contributed by atoms with Crippen molar-refractivity contribution < 1.29 is 22.4 Å². The van der Waals surface area contributed by atoms with Gasteiger partial charge in [0.2, 0.25) is 15.8 Å². The van der Waals surface area contributed by atoms with E-state index in [1.807, 2.05) is 0 Å². The molecule has 2 N–H and O–H groups in total. The van der Waals surface area contributed by atoms with Crippen LogP contribution in [-0.2, 0) is 14.8 Å². The van der Waals surface area contributed by atoms with Crippen LogP contribution in [-0.4, -0.2) is 40.1 Å². The van der Waals surface area contributed by atoms with Crippen molar-refractivity contribution in [2.75, 3.05) is 19.7 Å². The van der Waals surface area contributed by atoms with Gasteiger partial charge in [-0.15, -0.1) is 0 Å². The number of sulfonamides is 1. The number of piperidine rings is 1. The van der Waals surface area contributed by atoms with Crippen molar-refractivity contribution in [1.82, 2.24) is 10.0 Å². The SMILES string of the molecule is CCOC(=O)c1oc2ccc(S(=O)(=O)NC3CCCNC3)cc2c1C. The maximum atomic E-state index is 12.6. The molecule has 1 aliphatic heterocycles. The maximum Gasteiger partial charge on any atom is 0.374 e. The molecule has 1 atom stereocenters. The zero-order valence-electron chi connectivity index (χ0n) is 14.3. The molecule has 0 aliphatic carbocycles. The maximum absolute atomic E-state index is 12.6. The molecule has 25 heavy (non-hydrogen) atoms. The minimum Gasteiger partial charge on any atom is -0.460 e. The van der Waals surface area contributed by atoms with Gasteiger partial charge in [-0.3, -0.25) is 0 Å². The number of furan rings is 1. The minimum atomic E-state index is -3.64. The van der Waals surface area contributed by atoms with E-state index in [2.05, 4.69) is 10.0 Å². The van der Waals surface area contributed by atoms with Crippen LogP contribution < -0.4 is 10.0 Å². The minimum absolute atomic E-state index is 0.107. The Bertz CT molecular complexity index is 882. The summed E-state index contributed by atoms with van der Waals surface area (Å²) in [6, 6.07) is 4.47. The Hall–Kier alpha value is -1.90. The van der Waals surface area contributed by atoms with Crippen LogP contribution in [0, 0.1) is 6.92 Å².